The van der Waals surface area contributed by atoms with E-state index < -0.39 is 0 Å². The summed E-state index contributed by atoms with van der Waals surface area (Å²) in [7, 11) is 0. The minimum Gasteiger partial charge on any atom is -0.330 e. The van der Waals surface area contributed by atoms with Crippen LogP contribution in [0.25, 0.3) is 0 Å². The lowest BCUT2D eigenvalue weighted by molar-refractivity contribution is 0.765. The van der Waals surface area contributed by atoms with Gasteiger partial charge in [0, 0.05) is 11.9 Å². The Morgan fingerprint density at radius 3 is 2.62 bits per heavy atom. The van der Waals surface area contributed by atoms with E-state index in [4.69, 9.17) is 5.84 Å². The van der Waals surface area contributed by atoms with Crippen molar-refractivity contribution in [2.45, 2.75) is 20.4 Å². The van der Waals surface area contributed by atoms with Crippen LogP contribution in [0, 0.1) is 13.8 Å². The molecule has 0 amide bonds. The number of aryl methyl sites for hydroxylation is 1. The van der Waals surface area contributed by atoms with Crippen LogP contribution in [0.4, 0.5) is 5.82 Å². The van der Waals surface area contributed by atoms with E-state index in [0.29, 0.717) is 5.82 Å². The number of aromatic nitrogens is 3. The molecule has 0 aromatic carbocycles. The van der Waals surface area contributed by atoms with E-state index in [1.54, 1.807) is 0 Å². The average Bonchev–Trinajstić information content (AvgIpc) is 2.62. The number of nitrogens with two attached hydrogens (primary N) is 1. The summed E-state index contributed by atoms with van der Waals surface area (Å²) in [5, 5.41) is 0. The molecule has 0 aliphatic heterocycles. The normalized spacial score (nSPS) is 10.4. The van der Waals surface area contributed by atoms with Gasteiger partial charge in [0.1, 0.15) is 5.82 Å². The lowest BCUT2D eigenvalue weighted by Crippen LogP contribution is -2.08. The molecule has 2 aromatic heterocycles. The van der Waals surface area contributed by atoms with Crippen molar-refractivity contribution in [3.63, 3.8) is 0 Å². The summed E-state index contributed by atoms with van der Waals surface area (Å²) >= 11 is 0. The van der Waals surface area contributed by atoms with Gasteiger partial charge < -0.3 is 9.99 Å². The second kappa shape index (κ2) is 4.32. The third kappa shape index (κ3) is 2.04. The molecule has 84 valence electrons. The van der Waals surface area contributed by atoms with Gasteiger partial charge in [-0.05, 0) is 25.5 Å². The van der Waals surface area contributed by atoms with E-state index >= 15 is 0 Å². The van der Waals surface area contributed by atoms with Crippen LogP contribution >= 0.6 is 0 Å². The Hall–Kier alpha value is -1.88. The first-order chi connectivity index (χ1) is 7.70. The molecule has 0 aliphatic rings. The van der Waals surface area contributed by atoms with Gasteiger partial charge in [0.25, 0.3) is 0 Å². The maximum atomic E-state index is 5.25. The lowest BCUT2D eigenvalue weighted by atomic mass is 10.2. The zero-order chi connectivity index (χ0) is 11.5. The van der Waals surface area contributed by atoms with Crippen LogP contribution in [0.5, 0.6) is 0 Å². The Labute approximate surface area is 94.3 Å². The van der Waals surface area contributed by atoms with E-state index in [1.807, 2.05) is 31.6 Å². The molecule has 0 saturated carbocycles. The van der Waals surface area contributed by atoms with Crippen LogP contribution in [0.15, 0.2) is 24.7 Å². The zero-order valence-electron chi connectivity index (χ0n) is 9.44. The molecule has 0 saturated heterocycles. The second-order valence-corrected chi connectivity index (χ2v) is 3.74. The second-order valence-electron chi connectivity index (χ2n) is 3.74. The third-order valence-corrected chi connectivity index (χ3v) is 2.67. The summed E-state index contributed by atoms with van der Waals surface area (Å²) in [6.07, 6.45) is 3.66. The van der Waals surface area contributed by atoms with Crippen molar-refractivity contribution in [1.82, 2.24) is 14.5 Å². The summed E-state index contributed by atoms with van der Waals surface area (Å²) < 4.78 is 2.10. The van der Waals surface area contributed by atoms with Crippen molar-refractivity contribution in [2.75, 3.05) is 5.43 Å². The molecule has 0 unspecified atom stereocenters. The number of hydrogen-bond acceptors (Lipinski definition) is 4. The van der Waals surface area contributed by atoms with Gasteiger partial charge in [0.05, 0.1) is 18.6 Å². The summed E-state index contributed by atoms with van der Waals surface area (Å²) in [5.74, 6) is 5.92. The first kappa shape index (κ1) is 10.6. The molecule has 0 spiro atoms. The molecule has 16 heavy (non-hydrogen) atoms. The molecule has 2 heterocycles. The molecule has 0 aliphatic carbocycles. The number of anilines is 1. The summed E-state index contributed by atoms with van der Waals surface area (Å²) in [5.41, 5.74) is 5.87. The summed E-state index contributed by atoms with van der Waals surface area (Å²) in [6.45, 7) is 4.85. The molecule has 2 aromatic rings. The Balaban J connectivity index is 2.17. The van der Waals surface area contributed by atoms with Crippen molar-refractivity contribution >= 4 is 5.82 Å². The Morgan fingerprint density at radius 2 is 2.12 bits per heavy atom. The number of nitrogens with zero attached hydrogens (tertiary/aromatic N) is 3. The maximum Gasteiger partial charge on any atom is 0.139 e. The fourth-order valence-corrected chi connectivity index (χ4v) is 1.50. The predicted molar refractivity (Wildman–Crippen MR) is 62.9 cm³/mol. The van der Waals surface area contributed by atoms with Gasteiger partial charge in [0.15, 0.2) is 0 Å². The van der Waals surface area contributed by atoms with Gasteiger partial charge in [-0.1, -0.05) is 6.07 Å². The number of nitrogen functional groups attached to an aromatic ring is 1. The largest absolute Gasteiger partial charge is 0.330 e. The topological polar surface area (TPSA) is 68.8 Å². The fourth-order valence-electron chi connectivity index (χ4n) is 1.50. The van der Waals surface area contributed by atoms with Crippen LogP contribution in [0.3, 0.4) is 0 Å². The van der Waals surface area contributed by atoms with Crippen molar-refractivity contribution in [2.24, 2.45) is 5.84 Å². The number of imidazole rings is 1. The fraction of sp³-hybridized carbons (Fsp3) is 0.273. The molecule has 0 radical (unpaired) electrons. The highest BCUT2D eigenvalue weighted by Crippen LogP contribution is 2.09. The molecule has 0 fully saturated rings. The first-order valence-corrected chi connectivity index (χ1v) is 5.10. The van der Waals surface area contributed by atoms with Crippen LogP contribution in [-0.2, 0) is 6.54 Å². The van der Waals surface area contributed by atoms with Crippen LogP contribution < -0.4 is 11.3 Å². The van der Waals surface area contributed by atoms with Crippen molar-refractivity contribution < 1.29 is 0 Å². The first-order valence-electron chi connectivity index (χ1n) is 5.10. The Kier molecular flexibility index (Phi) is 2.87. The number of hydrogen-bond donors (Lipinski definition) is 2. The number of hydrazine groups is 1. The Morgan fingerprint density at radius 1 is 1.31 bits per heavy atom. The minimum absolute atomic E-state index is 0.669. The van der Waals surface area contributed by atoms with E-state index in [1.165, 1.54) is 5.69 Å². The van der Waals surface area contributed by atoms with Gasteiger partial charge in [0.2, 0.25) is 0 Å². The highest BCUT2D eigenvalue weighted by atomic mass is 15.2. The number of pyridine rings is 1. The van der Waals surface area contributed by atoms with Gasteiger partial charge in [-0.25, -0.2) is 15.8 Å². The average molecular weight is 217 g/mol. The van der Waals surface area contributed by atoms with Crippen LogP contribution in [0.2, 0.25) is 0 Å². The van der Waals surface area contributed by atoms with E-state index in [0.717, 1.165) is 17.8 Å². The van der Waals surface area contributed by atoms with Crippen LogP contribution in [0.1, 0.15) is 17.0 Å². The molecule has 0 atom stereocenters. The minimum atomic E-state index is 0.669. The standard InChI is InChI=1S/C11H15N5/c1-8-9(2)16(7-14-8)6-10-3-4-11(15-12)13-5-10/h3-5,7H,6,12H2,1-2H3,(H,13,15). The molecule has 5 heteroatoms. The smallest absolute Gasteiger partial charge is 0.139 e. The van der Waals surface area contributed by atoms with Gasteiger partial charge in [-0.15, -0.1) is 0 Å². The van der Waals surface area contributed by atoms with Crippen LogP contribution in [-0.4, -0.2) is 14.5 Å². The van der Waals surface area contributed by atoms with E-state index in [9.17, 15) is 0 Å². The monoisotopic (exact) mass is 217 g/mol. The lowest BCUT2D eigenvalue weighted by Gasteiger charge is -2.06. The third-order valence-electron chi connectivity index (χ3n) is 2.67. The molecule has 3 N–H and O–H groups in total. The van der Waals surface area contributed by atoms with E-state index in [2.05, 4.69) is 26.9 Å². The SMILES string of the molecule is Cc1ncn(Cc2ccc(NN)nc2)c1C. The zero-order valence-corrected chi connectivity index (χ0v) is 9.44. The van der Waals surface area contributed by atoms with E-state index in [-0.39, 0.29) is 0 Å². The van der Waals surface area contributed by atoms with Gasteiger partial charge in [-0.3, -0.25) is 0 Å². The van der Waals surface area contributed by atoms with Crippen molar-refractivity contribution in [3.05, 3.63) is 41.6 Å². The molecule has 2 rings (SSSR count). The maximum absolute atomic E-state index is 5.25. The highest BCUT2D eigenvalue weighted by Gasteiger charge is 2.02. The Bertz CT molecular complexity index is 472. The van der Waals surface area contributed by atoms with Crippen molar-refractivity contribution in [1.29, 1.82) is 0 Å². The summed E-state index contributed by atoms with van der Waals surface area (Å²) in [4.78, 5) is 8.42. The summed E-state index contributed by atoms with van der Waals surface area (Å²) in [6, 6.07) is 3.85. The quantitative estimate of drug-likeness (QED) is 0.599. The molecular weight excluding hydrogens is 202 g/mol. The molecule has 5 nitrogen and oxygen atoms in total. The number of rotatable bonds is 3. The molecular formula is C11H15N5. The predicted octanol–water partition coefficient (Wildman–Crippen LogP) is 1.23. The van der Waals surface area contributed by atoms with Gasteiger partial charge >= 0.3 is 0 Å². The number of nitrogens with one attached hydrogen (secondary N) is 1. The molecule has 0 bridgehead atoms. The van der Waals surface area contributed by atoms with Gasteiger partial charge in [-0.2, -0.15) is 0 Å². The highest BCUT2D eigenvalue weighted by molar-refractivity contribution is 5.33. The van der Waals surface area contributed by atoms with Crippen molar-refractivity contribution in [3.8, 4) is 0 Å².